The molecule has 1 nitrogen and oxygen atoms in total. The number of hydrogen-bond donors (Lipinski definition) is 0. The lowest BCUT2D eigenvalue weighted by atomic mass is 9.85. The molecule has 6 rings (SSSR count). The predicted octanol–water partition coefficient (Wildman–Crippen LogP) is 16.7. The van der Waals surface area contributed by atoms with E-state index in [9.17, 15) is 0 Å². The van der Waals surface area contributed by atoms with Crippen LogP contribution in [0.1, 0.15) is 173 Å². The number of ether oxygens (including phenoxy) is 1. The molecule has 0 aliphatic heterocycles. The van der Waals surface area contributed by atoms with E-state index < -0.39 is 8.07 Å². The molecule has 2 heteroatoms. The zero-order valence-electron chi connectivity index (χ0n) is 39.0. The number of allylic oxidation sites excluding steroid dienone is 3. The van der Waals surface area contributed by atoms with E-state index in [1.165, 1.54) is 70.3 Å². The van der Waals surface area contributed by atoms with Crippen LogP contribution in [0, 0.1) is 5.92 Å². The van der Waals surface area contributed by atoms with Gasteiger partial charge in [0, 0.05) is 17.7 Å². The maximum atomic E-state index is 6.08. The summed E-state index contributed by atoms with van der Waals surface area (Å²) in [6.45, 7) is 33.8. The van der Waals surface area contributed by atoms with Crippen molar-refractivity contribution >= 4 is 19.7 Å². The Balaban J connectivity index is 1.46. The zero-order valence-corrected chi connectivity index (χ0v) is 40.0. The molecule has 310 valence electrons. The minimum absolute atomic E-state index is 0.0648. The van der Waals surface area contributed by atoms with Crippen molar-refractivity contribution < 1.29 is 4.74 Å². The number of unbranched alkanes of at least 4 members (excludes halogenated alkanes) is 3. The van der Waals surface area contributed by atoms with Crippen LogP contribution in [0.4, 0.5) is 0 Å². The third-order valence-electron chi connectivity index (χ3n) is 13.8. The highest BCUT2D eigenvalue weighted by Gasteiger charge is 2.53. The lowest BCUT2D eigenvalue weighted by molar-refractivity contribution is -0.00473. The van der Waals surface area contributed by atoms with E-state index in [4.69, 9.17) is 4.74 Å². The quantitative estimate of drug-likeness (QED) is 0.0913. The molecule has 4 aromatic carbocycles. The van der Waals surface area contributed by atoms with Crippen LogP contribution in [0.15, 0.2) is 96.1 Å². The molecule has 2 atom stereocenters. The summed E-state index contributed by atoms with van der Waals surface area (Å²) < 4.78 is 6.08. The lowest BCUT2D eigenvalue weighted by Crippen LogP contribution is -2.48. The highest BCUT2D eigenvalue weighted by Crippen LogP contribution is 2.60. The van der Waals surface area contributed by atoms with Crippen LogP contribution >= 0.6 is 0 Å². The third kappa shape index (κ3) is 8.85. The zero-order chi connectivity index (χ0) is 42.2. The summed E-state index contributed by atoms with van der Waals surface area (Å²) in [7, 11) is -2.15. The molecule has 4 aromatic rings. The van der Waals surface area contributed by atoms with E-state index in [0.29, 0.717) is 17.0 Å². The Morgan fingerprint density at radius 1 is 0.603 bits per heavy atom. The Hall–Kier alpha value is -3.46. The Kier molecular flexibility index (Phi) is 13.1. The van der Waals surface area contributed by atoms with Gasteiger partial charge in [0.25, 0.3) is 0 Å². The van der Waals surface area contributed by atoms with Crippen molar-refractivity contribution in [3.05, 3.63) is 129 Å². The van der Waals surface area contributed by atoms with Gasteiger partial charge in [-0.1, -0.05) is 196 Å². The predicted molar refractivity (Wildman–Crippen MR) is 258 cm³/mol. The van der Waals surface area contributed by atoms with Crippen molar-refractivity contribution in [2.75, 3.05) is 6.61 Å². The molecule has 0 fully saturated rings. The van der Waals surface area contributed by atoms with Crippen LogP contribution in [-0.4, -0.2) is 20.3 Å². The number of fused-ring (bicyclic) bond motifs is 2. The topological polar surface area (TPSA) is 9.23 Å². The first kappa shape index (κ1) is 44.1. The number of hydrogen-bond acceptors (Lipinski definition) is 1. The summed E-state index contributed by atoms with van der Waals surface area (Å²) in [5.41, 5.74) is 20.7. The van der Waals surface area contributed by atoms with Gasteiger partial charge < -0.3 is 4.74 Å². The highest BCUT2D eigenvalue weighted by atomic mass is 28.3. The van der Waals surface area contributed by atoms with Gasteiger partial charge in [-0.25, -0.2) is 0 Å². The van der Waals surface area contributed by atoms with Gasteiger partial charge >= 0.3 is 0 Å². The van der Waals surface area contributed by atoms with Crippen molar-refractivity contribution in [3.8, 4) is 22.3 Å². The van der Waals surface area contributed by atoms with Gasteiger partial charge in [0.2, 0.25) is 0 Å². The molecule has 0 bridgehead atoms. The lowest BCUT2D eigenvalue weighted by Gasteiger charge is -2.45. The monoisotopic (exact) mass is 793 g/mol. The first-order chi connectivity index (χ1) is 27.3. The van der Waals surface area contributed by atoms with Crippen LogP contribution in [0.3, 0.4) is 0 Å². The smallest absolute Gasteiger partial charge is 0.0776 e. The van der Waals surface area contributed by atoms with Gasteiger partial charge in [0.15, 0.2) is 0 Å². The van der Waals surface area contributed by atoms with Gasteiger partial charge in [0.05, 0.1) is 13.7 Å². The molecule has 0 saturated carbocycles. The molecule has 0 saturated heterocycles. The summed E-state index contributed by atoms with van der Waals surface area (Å²) in [4.78, 5) is 0. The van der Waals surface area contributed by atoms with Gasteiger partial charge in [-0.2, -0.15) is 0 Å². The summed E-state index contributed by atoms with van der Waals surface area (Å²) >= 11 is 0. The van der Waals surface area contributed by atoms with Crippen molar-refractivity contribution in [2.45, 2.75) is 169 Å². The third-order valence-corrected chi connectivity index (χ3v) is 20.1. The molecule has 58 heavy (non-hydrogen) atoms. The van der Waals surface area contributed by atoms with Gasteiger partial charge in [0.1, 0.15) is 0 Å². The van der Waals surface area contributed by atoms with E-state index in [1.54, 1.807) is 33.4 Å². The SMILES string of the molecule is CC[Si](CC)(C1C(C(C)C)=Cc2c(-c3ccc(C(C)(C)C)cc3)cccc21)C1C(C)=C(CCCCCCOC(C)(C)C)c2c(-c3ccc(C(C)(C)C)cc3)cccc21. The first-order valence-corrected chi connectivity index (χ1v) is 25.4. The van der Waals surface area contributed by atoms with Crippen LogP contribution in [0.5, 0.6) is 0 Å². The molecule has 0 amide bonds. The number of benzene rings is 4. The van der Waals surface area contributed by atoms with Crippen molar-refractivity contribution in [1.29, 1.82) is 0 Å². The fourth-order valence-corrected chi connectivity index (χ4v) is 16.9. The number of rotatable bonds is 14. The average molecular weight is 793 g/mol. The molecule has 0 radical (unpaired) electrons. The van der Waals surface area contributed by atoms with Crippen LogP contribution in [0.2, 0.25) is 12.1 Å². The molecule has 2 aliphatic carbocycles. The molecule has 0 aromatic heterocycles. The molecular formula is C56H76OSi. The normalized spacial score (nSPS) is 17.3. The second-order valence-corrected chi connectivity index (χ2v) is 26.2. The van der Waals surface area contributed by atoms with Crippen molar-refractivity contribution in [2.24, 2.45) is 5.92 Å². The largest absolute Gasteiger partial charge is 0.376 e. The molecule has 2 aliphatic rings. The van der Waals surface area contributed by atoms with Gasteiger partial charge in [-0.15, -0.1) is 0 Å². The first-order valence-electron chi connectivity index (χ1n) is 22.9. The standard InChI is InChI=1S/C56H76OSi/c1-15-58(16-2,53-47-26-21-24-45(50(47)37-49(53)38(3)4)40-28-32-42(33-29-40)54(6,7)8)52-39(5)44(23-19-17-18-20-36-57-56(12,13)14)51-46(25-22-27-48(51)52)41-30-34-43(35-31-41)55(9,10)11/h21-22,24-35,37-38,52-53H,15-20,23,36H2,1-14H3. The minimum Gasteiger partial charge on any atom is -0.376 e. The van der Waals surface area contributed by atoms with Crippen LogP contribution in [-0.2, 0) is 15.6 Å². The maximum Gasteiger partial charge on any atom is 0.0776 e. The molecule has 2 unspecified atom stereocenters. The Morgan fingerprint density at radius 2 is 1.12 bits per heavy atom. The average Bonchev–Trinajstić information content (AvgIpc) is 3.71. The summed E-state index contributed by atoms with van der Waals surface area (Å²) in [5, 5.41) is 0. The molecule has 0 N–H and O–H groups in total. The second-order valence-electron chi connectivity index (χ2n) is 21.1. The maximum absolute atomic E-state index is 6.08. The Bertz CT molecular complexity index is 2100. The van der Waals surface area contributed by atoms with Gasteiger partial charge in [-0.3, -0.25) is 0 Å². The minimum atomic E-state index is -2.15. The fraction of sp³-hybridized carbons (Fsp3) is 0.500. The van der Waals surface area contributed by atoms with Crippen LogP contribution in [0.25, 0.3) is 33.9 Å². The Morgan fingerprint density at radius 3 is 1.64 bits per heavy atom. The fourth-order valence-electron chi connectivity index (χ4n) is 10.5. The van der Waals surface area contributed by atoms with Crippen molar-refractivity contribution in [1.82, 2.24) is 0 Å². The second kappa shape index (κ2) is 17.3. The van der Waals surface area contributed by atoms with E-state index in [2.05, 4.69) is 188 Å². The highest BCUT2D eigenvalue weighted by molar-refractivity contribution is 6.84. The van der Waals surface area contributed by atoms with Crippen LogP contribution < -0.4 is 0 Å². The van der Waals surface area contributed by atoms with Crippen molar-refractivity contribution in [3.63, 3.8) is 0 Å². The Labute approximate surface area is 355 Å². The molecule has 0 spiro atoms. The summed E-state index contributed by atoms with van der Waals surface area (Å²) in [5.74, 6) is 0.484. The molecule has 0 heterocycles. The summed E-state index contributed by atoms with van der Waals surface area (Å²) in [6.07, 6.45) is 8.62. The van der Waals surface area contributed by atoms with E-state index in [1.807, 2.05) is 0 Å². The van der Waals surface area contributed by atoms with E-state index >= 15 is 0 Å². The van der Waals surface area contributed by atoms with Gasteiger partial charge in [-0.05, 0) is 125 Å². The van der Waals surface area contributed by atoms with E-state index in [-0.39, 0.29) is 16.4 Å². The van der Waals surface area contributed by atoms with E-state index in [0.717, 1.165) is 19.4 Å². The molecular weight excluding hydrogens is 717 g/mol. The summed E-state index contributed by atoms with van der Waals surface area (Å²) in [6, 6.07) is 36.1.